The molecule has 0 aliphatic heterocycles. The summed E-state index contributed by atoms with van der Waals surface area (Å²) >= 11 is 11.4. The lowest BCUT2D eigenvalue weighted by Crippen LogP contribution is -2.41. The fraction of sp³-hybridized carbons (Fsp3) is 0. The Morgan fingerprint density at radius 2 is 1.91 bits per heavy atom. The van der Waals surface area contributed by atoms with Gasteiger partial charge in [0.05, 0.1) is 0 Å². The molecular weight excluding hydrogens is 196 g/mol. The summed E-state index contributed by atoms with van der Waals surface area (Å²) in [4.78, 5) is 2.93. The van der Waals surface area contributed by atoms with Crippen molar-refractivity contribution in [3.05, 3.63) is 36.7 Å². The number of hydrogen-bond donors (Lipinski definition) is 1. The van der Waals surface area contributed by atoms with E-state index in [2.05, 4.69) is 24.7 Å². The van der Waals surface area contributed by atoms with Crippen LogP contribution in [0.1, 0.15) is 0 Å². The summed E-state index contributed by atoms with van der Waals surface area (Å²) in [7, 11) is -2.25. The van der Waals surface area contributed by atoms with Gasteiger partial charge in [0.1, 0.15) is 0 Å². The van der Waals surface area contributed by atoms with E-state index in [1.54, 1.807) is 11.4 Å². The normalized spacial score (nSPS) is 10.0. The largest absolute Gasteiger partial charge is 0.403 e. The molecule has 0 saturated carbocycles. The smallest absolute Gasteiger partial charge is 0.301 e. The Labute approximate surface area is 78.7 Å². The summed E-state index contributed by atoms with van der Waals surface area (Å²) in [6, 6.07) is 0. The SMILES string of the molecule is C=C[Si](Cl)(C=C)NC(=C)[B]Cl. The molecular formula is C6H9BCl2NSi. The van der Waals surface area contributed by atoms with Gasteiger partial charge in [-0.1, -0.05) is 18.0 Å². The molecule has 0 aromatic heterocycles. The summed E-state index contributed by atoms with van der Waals surface area (Å²) in [5.41, 5.74) is 3.87. The van der Waals surface area contributed by atoms with Crippen molar-refractivity contribution >= 4 is 36.8 Å². The van der Waals surface area contributed by atoms with Gasteiger partial charge in [-0.15, -0.1) is 24.2 Å². The monoisotopic (exact) mass is 204 g/mol. The highest BCUT2D eigenvalue weighted by Crippen LogP contribution is 2.08. The first-order valence-corrected chi connectivity index (χ1v) is 6.55. The Bertz CT molecular complexity index is 175. The second kappa shape index (κ2) is 4.70. The van der Waals surface area contributed by atoms with E-state index in [-0.39, 0.29) is 0 Å². The minimum Gasteiger partial charge on any atom is -0.403 e. The molecule has 0 aromatic carbocycles. The van der Waals surface area contributed by atoms with Gasteiger partial charge < -0.3 is 4.98 Å². The molecule has 11 heavy (non-hydrogen) atoms. The molecule has 0 spiro atoms. The maximum Gasteiger partial charge on any atom is 0.301 e. The van der Waals surface area contributed by atoms with Crippen molar-refractivity contribution in [2.45, 2.75) is 0 Å². The van der Waals surface area contributed by atoms with Gasteiger partial charge in [-0.25, -0.2) is 0 Å². The van der Waals surface area contributed by atoms with Gasteiger partial charge in [-0.3, -0.25) is 0 Å². The number of rotatable bonds is 5. The van der Waals surface area contributed by atoms with Crippen LogP contribution in [0.3, 0.4) is 0 Å². The number of halogens is 2. The molecule has 0 unspecified atom stereocenters. The zero-order valence-corrected chi connectivity index (χ0v) is 8.62. The van der Waals surface area contributed by atoms with E-state index >= 15 is 0 Å². The quantitative estimate of drug-likeness (QED) is 0.534. The lowest BCUT2D eigenvalue weighted by Gasteiger charge is -2.18. The molecule has 0 bridgehead atoms. The molecule has 1 radical (unpaired) electrons. The fourth-order valence-corrected chi connectivity index (χ4v) is 1.90. The van der Waals surface area contributed by atoms with Crippen LogP contribution in [0, 0.1) is 0 Å². The summed E-state index contributed by atoms with van der Waals surface area (Å²) in [5, 5.41) is 0. The van der Waals surface area contributed by atoms with Gasteiger partial charge in [0.2, 0.25) is 0 Å². The molecule has 1 N–H and O–H groups in total. The molecule has 0 amide bonds. The van der Waals surface area contributed by atoms with Crippen molar-refractivity contribution in [1.29, 1.82) is 0 Å². The molecule has 0 atom stereocenters. The molecule has 0 aromatic rings. The molecule has 1 nitrogen and oxygen atoms in total. The third kappa shape index (κ3) is 3.70. The zero-order chi connectivity index (χ0) is 8.91. The second-order valence-corrected chi connectivity index (χ2v) is 6.63. The van der Waals surface area contributed by atoms with E-state index in [9.17, 15) is 0 Å². The Hall–Kier alpha value is -0.118. The van der Waals surface area contributed by atoms with Gasteiger partial charge >= 0.3 is 7.55 Å². The van der Waals surface area contributed by atoms with Crippen LogP contribution in [0.2, 0.25) is 0 Å². The minimum atomic E-state index is -2.25. The molecule has 0 saturated heterocycles. The first-order valence-electron chi connectivity index (χ1n) is 2.94. The Balaban J connectivity index is 4.18. The Morgan fingerprint density at radius 3 is 2.18 bits per heavy atom. The third-order valence-electron chi connectivity index (χ3n) is 1.08. The number of hydrogen-bond acceptors (Lipinski definition) is 1. The minimum absolute atomic E-state index is 0.577. The molecule has 0 aliphatic carbocycles. The summed E-state index contributed by atoms with van der Waals surface area (Å²) < 4.78 is 0. The summed E-state index contributed by atoms with van der Waals surface area (Å²) in [6.07, 6.45) is 0. The maximum absolute atomic E-state index is 6.03. The Morgan fingerprint density at radius 1 is 1.45 bits per heavy atom. The lowest BCUT2D eigenvalue weighted by atomic mass is 10.1. The third-order valence-corrected chi connectivity index (χ3v) is 4.44. The van der Waals surface area contributed by atoms with Crippen LogP contribution in [0.25, 0.3) is 0 Å². The van der Waals surface area contributed by atoms with Gasteiger partial charge in [0.25, 0.3) is 6.69 Å². The average molecular weight is 205 g/mol. The van der Waals surface area contributed by atoms with Crippen molar-refractivity contribution < 1.29 is 0 Å². The van der Waals surface area contributed by atoms with E-state index < -0.39 is 7.55 Å². The summed E-state index contributed by atoms with van der Waals surface area (Å²) in [6.45, 7) is 12.1. The topological polar surface area (TPSA) is 12.0 Å². The van der Waals surface area contributed by atoms with E-state index in [1.165, 1.54) is 6.69 Å². The van der Waals surface area contributed by atoms with Crippen molar-refractivity contribution in [2.24, 2.45) is 0 Å². The van der Waals surface area contributed by atoms with Gasteiger partial charge in [0, 0.05) is 0 Å². The van der Waals surface area contributed by atoms with Crippen molar-refractivity contribution in [2.75, 3.05) is 0 Å². The first kappa shape index (κ1) is 10.9. The predicted molar refractivity (Wildman–Crippen MR) is 55.9 cm³/mol. The highest BCUT2D eigenvalue weighted by Gasteiger charge is 2.23. The van der Waals surface area contributed by atoms with E-state index in [0.717, 1.165) is 0 Å². The van der Waals surface area contributed by atoms with Crippen LogP contribution in [0.4, 0.5) is 0 Å². The standard InChI is InChI=1S/C6H9BCl2NSi/c1-4-11(9,5-2)10-6(3)7-8/h4-5,10H,1-3H2. The van der Waals surface area contributed by atoms with Crippen LogP contribution < -0.4 is 4.98 Å². The summed E-state index contributed by atoms with van der Waals surface area (Å²) in [5.74, 6) is 0. The van der Waals surface area contributed by atoms with E-state index in [4.69, 9.17) is 22.5 Å². The molecule has 59 valence electrons. The highest BCUT2D eigenvalue weighted by atomic mass is 35.6. The lowest BCUT2D eigenvalue weighted by molar-refractivity contribution is 1.30. The van der Waals surface area contributed by atoms with Gasteiger partial charge in [-0.05, 0) is 5.60 Å². The van der Waals surface area contributed by atoms with Crippen LogP contribution in [0.15, 0.2) is 36.7 Å². The molecule has 0 rings (SSSR count). The van der Waals surface area contributed by atoms with Gasteiger partial charge in [-0.2, -0.15) is 11.5 Å². The van der Waals surface area contributed by atoms with Gasteiger partial charge in [0.15, 0.2) is 0 Å². The predicted octanol–water partition coefficient (Wildman–Crippen LogP) is 2.04. The number of nitrogens with one attached hydrogen (secondary N) is 1. The highest BCUT2D eigenvalue weighted by molar-refractivity contribution is 7.25. The second-order valence-electron chi connectivity index (χ2n) is 1.94. The van der Waals surface area contributed by atoms with Crippen LogP contribution >= 0.6 is 22.5 Å². The molecule has 0 fully saturated rings. The average Bonchev–Trinajstić information content (AvgIpc) is 2.04. The Kier molecular flexibility index (Phi) is 4.65. The van der Waals surface area contributed by atoms with Crippen molar-refractivity contribution in [3.63, 3.8) is 0 Å². The van der Waals surface area contributed by atoms with Crippen LogP contribution in [0.5, 0.6) is 0 Å². The van der Waals surface area contributed by atoms with E-state index in [1.807, 2.05) is 0 Å². The zero-order valence-electron chi connectivity index (χ0n) is 6.11. The van der Waals surface area contributed by atoms with Crippen molar-refractivity contribution in [1.82, 2.24) is 4.98 Å². The fourth-order valence-electron chi connectivity index (χ4n) is 0.459. The van der Waals surface area contributed by atoms with Crippen LogP contribution in [-0.2, 0) is 0 Å². The molecule has 5 heteroatoms. The van der Waals surface area contributed by atoms with E-state index in [0.29, 0.717) is 5.60 Å². The van der Waals surface area contributed by atoms with Crippen LogP contribution in [-0.4, -0.2) is 14.2 Å². The first-order chi connectivity index (χ1) is 5.08. The van der Waals surface area contributed by atoms with Crippen molar-refractivity contribution in [3.8, 4) is 0 Å². The maximum atomic E-state index is 6.03. The molecule has 0 heterocycles. The molecule has 0 aliphatic rings.